The van der Waals surface area contributed by atoms with Gasteiger partial charge in [-0.3, -0.25) is 9.69 Å². The maximum absolute atomic E-state index is 11.9. The van der Waals surface area contributed by atoms with Gasteiger partial charge in [0.2, 0.25) is 5.91 Å². The molecule has 6 heteroatoms. The number of halogens is 1. The molecule has 3 unspecified atom stereocenters. The van der Waals surface area contributed by atoms with Crippen molar-refractivity contribution in [1.29, 1.82) is 0 Å². The van der Waals surface area contributed by atoms with Gasteiger partial charge in [-0.25, -0.2) is 0 Å². The zero-order valence-corrected chi connectivity index (χ0v) is 12.6. The van der Waals surface area contributed by atoms with E-state index in [0.717, 1.165) is 26.2 Å². The van der Waals surface area contributed by atoms with Gasteiger partial charge < -0.3 is 15.4 Å². The van der Waals surface area contributed by atoms with Crippen molar-refractivity contribution in [1.82, 2.24) is 9.80 Å². The van der Waals surface area contributed by atoms with Crippen LogP contribution in [0.15, 0.2) is 0 Å². The molecule has 5 nitrogen and oxygen atoms in total. The van der Waals surface area contributed by atoms with Crippen molar-refractivity contribution >= 4 is 18.3 Å². The summed E-state index contributed by atoms with van der Waals surface area (Å²) in [5, 5.41) is 0. The largest absolute Gasteiger partial charge is 0.383 e. The molecule has 18 heavy (non-hydrogen) atoms. The smallest absolute Gasteiger partial charge is 0.239 e. The van der Waals surface area contributed by atoms with Gasteiger partial charge in [0.1, 0.15) is 0 Å². The van der Waals surface area contributed by atoms with Crippen LogP contribution >= 0.6 is 12.4 Å². The Kier molecular flexibility index (Phi) is 7.78. The van der Waals surface area contributed by atoms with Crippen molar-refractivity contribution in [2.75, 3.05) is 33.4 Å². The van der Waals surface area contributed by atoms with Crippen molar-refractivity contribution in [3.8, 4) is 0 Å². The van der Waals surface area contributed by atoms with Gasteiger partial charge >= 0.3 is 0 Å². The number of carbonyl (C=O) groups excluding carboxylic acids is 1. The van der Waals surface area contributed by atoms with Gasteiger partial charge in [-0.1, -0.05) is 0 Å². The zero-order valence-electron chi connectivity index (χ0n) is 11.8. The Labute approximate surface area is 116 Å². The number of hydrogen-bond donors (Lipinski definition) is 1. The van der Waals surface area contributed by atoms with Crippen LogP contribution in [0, 0.1) is 0 Å². The summed E-state index contributed by atoms with van der Waals surface area (Å²) < 4.78 is 5.11. The Hall–Kier alpha value is -0.360. The van der Waals surface area contributed by atoms with E-state index in [1.165, 1.54) is 0 Å². The molecule has 0 bridgehead atoms. The first-order chi connectivity index (χ1) is 7.97. The van der Waals surface area contributed by atoms with Gasteiger partial charge in [0.15, 0.2) is 0 Å². The molecule has 0 aromatic heterocycles. The molecule has 3 atom stereocenters. The van der Waals surface area contributed by atoms with Crippen LogP contribution in [0.4, 0.5) is 0 Å². The van der Waals surface area contributed by atoms with Gasteiger partial charge in [-0.05, 0) is 20.8 Å². The molecule has 1 fully saturated rings. The predicted molar refractivity (Wildman–Crippen MR) is 75.0 cm³/mol. The molecule has 0 aromatic carbocycles. The predicted octanol–water partition coefficient (Wildman–Crippen LogP) is 0.323. The molecule has 1 amide bonds. The number of methoxy groups -OCH3 is 1. The lowest BCUT2D eigenvalue weighted by atomic mass is 10.1. The van der Waals surface area contributed by atoms with Crippen LogP contribution in [0.5, 0.6) is 0 Å². The van der Waals surface area contributed by atoms with Crippen molar-refractivity contribution in [3.63, 3.8) is 0 Å². The number of rotatable bonds is 4. The quantitative estimate of drug-likeness (QED) is 0.805. The fourth-order valence-corrected chi connectivity index (χ4v) is 2.46. The second-order valence-electron chi connectivity index (χ2n) is 4.96. The van der Waals surface area contributed by atoms with Gasteiger partial charge in [-0.15, -0.1) is 12.4 Å². The summed E-state index contributed by atoms with van der Waals surface area (Å²) in [5.74, 6) is 0.0510. The lowest BCUT2D eigenvalue weighted by molar-refractivity contribution is -0.136. The molecule has 108 valence electrons. The highest BCUT2D eigenvalue weighted by Gasteiger charge is 2.32. The molecule has 0 spiro atoms. The summed E-state index contributed by atoms with van der Waals surface area (Å²) in [7, 11) is 1.71. The van der Waals surface area contributed by atoms with Crippen molar-refractivity contribution < 1.29 is 9.53 Å². The molecule has 1 heterocycles. The highest BCUT2D eigenvalue weighted by atomic mass is 35.5. The average molecular weight is 280 g/mol. The highest BCUT2D eigenvalue weighted by molar-refractivity contribution is 5.85. The average Bonchev–Trinajstić information content (AvgIpc) is 2.26. The zero-order chi connectivity index (χ0) is 13.0. The Morgan fingerprint density at radius 2 is 1.89 bits per heavy atom. The number of nitrogens with two attached hydrogens (primary N) is 1. The minimum atomic E-state index is -0.403. The maximum Gasteiger partial charge on any atom is 0.239 e. The summed E-state index contributed by atoms with van der Waals surface area (Å²) in [6, 6.07) is 0.313. The topological polar surface area (TPSA) is 58.8 Å². The minimum Gasteiger partial charge on any atom is -0.383 e. The molecule has 1 aliphatic rings. The summed E-state index contributed by atoms with van der Waals surface area (Å²) in [4.78, 5) is 16.1. The van der Waals surface area contributed by atoms with E-state index in [9.17, 15) is 4.79 Å². The van der Waals surface area contributed by atoms with Gasteiger partial charge in [0, 0.05) is 38.8 Å². The molecule has 0 saturated carbocycles. The Morgan fingerprint density at radius 1 is 1.39 bits per heavy atom. The minimum absolute atomic E-state index is 0. The number of hydrogen-bond acceptors (Lipinski definition) is 4. The SMILES string of the molecule is COCCN1C(C)CN(C(=O)C(C)N)CC1C.Cl. The first-order valence-corrected chi connectivity index (χ1v) is 6.26. The van der Waals surface area contributed by atoms with E-state index in [0.29, 0.717) is 12.1 Å². The molecule has 1 rings (SSSR count). The molecule has 0 aromatic rings. The van der Waals surface area contributed by atoms with Crippen LogP contribution in [0.25, 0.3) is 0 Å². The standard InChI is InChI=1S/C12H25N3O2.ClH/c1-9-7-14(12(16)11(3)13)8-10(2)15(9)5-6-17-4;/h9-11H,5-8,13H2,1-4H3;1H. The van der Waals surface area contributed by atoms with Gasteiger partial charge in [0.25, 0.3) is 0 Å². The second kappa shape index (κ2) is 7.94. The van der Waals surface area contributed by atoms with Crippen LogP contribution in [-0.2, 0) is 9.53 Å². The number of ether oxygens (including phenoxy) is 1. The van der Waals surface area contributed by atoms with Crippen molar-refractivity contribution in [2.24, 2.45) is 5.73 Å². The molecule has 2 N–H and O–H groups in total. The lowest BCUT2D eigenvalue weighted by Crippen LogP contribution is -2.60. The third-order valence-corrected chi connectivity index (χ3v) is 3.36. The normalized spacial score (nSPS) is 26.6. The Bertz CT molecular complexity index is 252. The monoisotopic (exact) mass is 279 g/mol. The van der Waals surface area contributed by atoms with E-state index >= 15 is 0 Å². The third-order valence-electron chi connectivity index (χ3n) is 3.36. The van der Waals surface area contributed by atoms with Crippen LogP contribution in [0.3, 0.4) is 0 Å². The Morgan fingerprint density at radius 3 is 2.28 bits per heavy atom. The van der Waals surface area contributed by atoms with E-state index in [1.807, 2.05) is 4.90 Å². The highest BCUT2D eigenvalue weighted by Crippen LogP contribution is 2.15. The van der Waals surface area contributed by atoms with Crippen LogP contribution in [0.2, 0.25) is 0 Å². The molecular formula is C12H26ClN3O2. The second-order valence-corrected chi connectivity index (χ2v) is 4.96. The summed E-state index contributed by atoms with van der Waals surface area (Å²) >= 11 is 0. The molecule has 1 saturated heterocycles. The van der Waals surface area contributed by atoms with E-state index < -0.39 is 6.04 Å². The van der Waals surface area contributed by atoms with Gasteiger partial charge in [-0.2, -0.15) is 0 Å². The lowest BCUT2D eigenvalue weighted by Gasteiger charge is -2.44. The fourth-order valence-electron chi connectivity index (χ4n) is 2.46. The number of nitrogens with zero attached hydrogens (tertiary/aromatic N) is 2. The number of amides is 1. The first-order valence-electron chi connectivity index (χ1n) is 6.26. The summed E-state index contributed by atoms with van der Waals surface area (Å²) in [5.41, 5.74) is 5.65. The molecular weight excluding hydrogens is 254 g/mol. The van der Waals surface area contributed by atoms with E-state index in [1.54, 1.807) is 14.0 Å². The molecule has 1 aliphatic heterocycles. The van der Waals surface area contributed by atoms with Crippen LogP contribution in [0.1, 0.15) is 20.8 Å². The first kappa shape index (κ1) is 17.6. The fraction of sp³-hybridized carbons (Fsp3) is 0.917. The Balaban J connectivity index is 0.00000289. The number of carbonyl (C=O) groups is 1. The van der Waals surface area contributed by atoms with Crippen molar-refractivity contribution in [2.45, 2.75) is 38.9 Å². The van der Waals surface area contributed by atoms with E-state index in [2.05, 4.69) is 18.7 Å². The van der Waals surface area contributed by atoms with E-state index in [4.69, 9.17) is 10.5 Å². The summed E-state index contributed by atoms with van der Waals surface area (Å²) in [6.07, 6.45) is 0. The number of piperazine rings is 1. The van der Waals surface area contributed by atoms with Gasteiger partial charge in [0.05, 0.1) is 12.6 Å². The maximum atomic E-state index is 11.9. The molecule has 0 radical (unpaired) electrons. The summed E-state index contributed by atoms with van der Waals surface area (Å²) in [6.45, 7) is 9.20. The van der Waals surface area contributed by atoms with Crippen LogP contribution in [-0.4, -0.2) is 67.2 Å². The third kappa shape index (κ3) is 4.39. The van der Waals surface area contributed by atoms with Crippen LogP contribution < -0.4 is 5.73 Å². The van der Waals surface area contributed by atoms with Crippen molar-refractivity contribution in [3.05, 3.63) is 0 Å². The molecule has 0 aliphatic carbocycles. The van der Waals surface area contributed by atoms with E-state index in [-0.39, 0.29) is 18.3 Å².